The molecule has 0 aliphatic carbocycles. The van der Waals surface area contributed by atoms with Gasteiger partial charge in [0.15, 0.2) is 0 Å². The molecule has 2 aromatic heterocycles. The molecule has 0 bridgehead atoms. The first kappa shape index (κ1) is 20.1. The van der Waals surface area contributed by atoms with Crippen molar-refractivity contribution in [2.45, 2.75) is 67.3 Å². The molecule has 0 unspecified atom stereocenters. The third-order valence-corrected chi connectivity index (χ3v) is 2.43. The van der Waals surface area contributed by atoms with Crippen LogP contribution in [0.5, 0.6) is 0 Å². The third kappa shape index (κ3) is 5.83. The molecule has 22 heavy (non-hydrogen) atoms. The summed E-state index contributed by atoms with van der Waals surface area (Å²) in [5.41, 5.74) is 0. The van der Waals surface area contributed by atoms with E-state index in [1.807, 2.05) is 55.5 Å². The van der Waals surface area contributed by atoms with Crippen molar-refractivity contribution in [3.8, 4) is 0 Å². The standard InChI is InChI=1S/C11H17N5O2.2C2H6/c1-5-8-12-15-11(18-8)16(4)6-9-13-14-10(17-9)7(2)3;2*1-2/h7H,5-6H2,1-4H3;2*1-2H3. The zero-order chi connectivity index (χ0) is 17.1. The van der Waals surface area contributed by atoms with E-state index in [-0.39, 0.29) is 5.92 Å². The first-order chi connectivity index (χ1) is 10.6. The maximum atomic E-state index is 5.52. The molecule has 7 nitrogen and oxygen atoms in total. The first-order valence-electron chi connectivity index (χ1n) is 7.96. The summed E-state index contributed by atoms with van der Waals surface area (Å²) in [6.07, 6.45) is 0.721. The Morgan fingerprint density at radius 1 is 0.909 bits per heavy atom. The number of hydrogen-bond donors (Lipinski definition) is 0. The highest BCUT2D eigenvalue weighted by molar-refractivity contribution is 5.22. The van der Waals surface area contributed by atoms with Crippen LogP contribution in [0.25, 0.3) is 0 Å². The second-order valence-electron chi connectivity index (χ2n) is 4.38. The van der Waals surface area contributed by atoms with Gasteiger partial charge in [-0.25, -0.2) is 0 Å². The van der Waals surface area contributed by atoms with E-state index in [0.717, 1.165) is 6.42 Å². The highest BCUT2D eigenvalue weighted by atomic mass is 16.4. The fourth-order valence-corrected chi connectivity index (χ4v) is 1.38. The van der Waals surface area contributed by atoms with Crippen LogP contribution in [0, 0.1) is 0 Å². The van der Waals surface area contributed by atoms with Gasteiger partial charge in [-0.1, -0.05) is 53.6 Å². The molecule has 0 N–H and O–H groups in total. The Balaban J connectivity index is 0.00000102. The van der Waals surface area contributed by atoms with Gasteiger partial charge in [0.25, 0.3) is 0 Å². The normalized spacial score (nSPS) is 9.68. The van der Waals surface area contributed by atoms with Crippen molar-refractivity contribution in [2.75, 3.05) is 11.9 Å². The van der Waals surface area contributed by atoms with Gasteiger partial charge >= 0.3 is 6.01 Å². The number of rotatable bonds is 5. The Morgan fingerprint density at radius 2 is 1.50 bits per heavy atom. The molecule has 2 rings (SSSR count). The Hall–Kier alpha value is -1.92. The average molecular weight is 311 g/mol. The lowest BCUT2D eigenvalue weighted by atomic mass is 10.2. The van der Waals surface area contributed by atoms with Gasteiger partial charge in [-0.05, 0) is 0 Å². The minimum Gasteiger partial charge on any atom is -0.423 e. The van der Waals surface area contributed by atoms with E-state index < -0.39 is 0 Å². The number of anilines is 1. The zero-order valence-electron chi connectivity index (χ0n) is 15.0. The Morgan fingerprint density at radius 3 is 1.95 bits per heavy atom. The molecule has 0 aliphatic heterocycles. The van der Waals surface area contributed by atoms with Crippen LogP contribution >= 0.6 is 0 Å². The maximum absolute atomic E-state index is 5.52. The topological polar surface area (TPSA) is 81.1 Å². The van der Waals surface area contributed by atoms with Crippen molar-refractivity contribution in [2.24, 2.45) is 0 Å². The predicted octanol–water partition coefficient (Wildman–Crippen LogP) is 3.83. The van der Waals surface area contributed by atoms with E-state index in [1.54, 1.807) is 4.90 Å². The monoisotopic (exact) mass is 311 g/mol. The summed E-state index contributed by atoms with van der Waals surface area (Å²) in [6, 6.07) is 0.455. The molecule has 0 amide bonds. The van der Waals surface area contributed by atoms with Crippen molar-refractivity contribution in [3.05, 3.63) is 17.7 Å². The van der Waals surface area contributed by atoms with E-state index >= 15 is 0 Å². The summed E-state index contributed by atoms with van der Waals surface area (Å²) in [5, 5.41) is 15.8. The van der Waals surface area contributed by atoms with Gasteiger partial charge in [-0.3, -0.25) is 0 Å². The van der Waals surface area contributed by atoms with Gasteiger partial charge in [0, 0.05) is 19.4 Å². The van der Waals surface area contributed by atoms with Crippen LogP contribution in [0.1, 0.15) is 72.1 Å². The molecule has 0 saturated carbocycles. The average Bonchev–Trinajstić information content (AvgIpc) is 3.20. The van der Waals surface area contributed by atoms with Crippen molar-refractivity contribution in [1.82, 2.24) is 20.4 Å². The molecule has 0 spiro atoms. The van der Waals surface area contributed by atoms with E-state index in [9.17, 15) is 0 Å². The smallest absolute Gasteiger partial charge is 0.318 e. The van der Waals surface area contributed by atoms with Crippen LogP contribution in [-0.4, -0.2) is 27.4 Å². The fourth-order valence-electron chi connectivity index (χ4n) is 1.38. The van der Waals surface area contributed by atoms with Gasteiger partial charge < -0.3 is 13.7 Å². The quantitative estimate of drug-likeness (QED) is 0.830. The van der Waals surface area contributed by atoms with E-state index in [1.165, 1.54) is 0 Å². The predicted molar refractivity (Wildman–Crippen MR) is 86.9 cm³/mol. The Labute approximate surface area is 133 Å². The molecule has 126 valence electrons. The highest BCUT2D eigenvalue weighted by Gasteiger charge is 2.15. The lowest BCUT2D eigenvalue weighted by Gasteiger charge is -2.10. The molecule has 7 heteroatoms. The molecule has 0 aliphatic rings. The molecule has 2 heterocycles. The molecule has 0 aromatic carbocycles. The second-order valence-corrected chi connectivity index (χ2v) is 4.38. The van der Waals surface area contributed by atoms with Crippen LogP contribution in [0.3, 0.4) is 0 Å². The number of hydrogen-bond acceptors (Lipinski definition) is 7. The van der Waals surface area contributed by atoms with Crippen LogP contribution in [-0.2, 0) is 13.0 Å². The van der Waals surface area contributed by atoms with E-state index in [4.69, 9.17) is 8.83 Å². The molecule has 0 atom stereocenters. The van der Waals surface area contributed by atoms with Crippen LogP contribution in [0.4, 0.5) is 6.01 Å². The summed E-state index contributed by atoms with van der Waals surface area (Å²) >= 11 is 0. The summed E-state index contributed by atoms with van der Waals surface area (Å²) in [5.74, 6) is 2.02. The van der Waals surface area contributed by atoms with E-state index in [2.05, 4.69) is 20.4 Å². The first-order valence-corrected chi connectivity index (χ1v) is 7.96. The van der Waals surface area contributed by atoms with Crippen molar-refractivity contribution < 1.29 is 8.83 Å². The summed E-state index contributed by atoms with van der Waals surface area (Å²) in [4.78, 5) is 1.78. The summed E-state index contributed by atoms with van der Waals surface area (Å²) in [7, 11) is 1.84. The Kier molecular flexibility index (Phi) is 9.82. The second kappa shape index (κ2) is 10.8. The minimum absolute atomic E-state index is 0.228. The fraction of sp³-hybridized carbons (Fsp3) is 0.733. The Bertz CT molecular complexity index is 508. The van der Waals surface area contributed by atoms with Crippen LogP contribution < -0.4 is 4.90 Å². The molecular formula is C15H29N5O2. The van der Waals surface area contributed by atoms with Crippen molar-refractivity contribution in [1.29, 1.82) is 0 Å². The van der Waals surface area contributed by atoms with Gasteiger partial charge in [-0.15, -0.1) is 15.3 Å². The van der Waals surface area contributed by atoms with Gasteiger partial charge in [-0.2, -0.15) is 0 Å². The van der Waals surface area contributed by atoms with Crippen LogP contribution in [0.15, 0.2) is 8.83 Å². The largest absolute Gasteiger partial charge is 0.423 e. The third-order valence-electron chi connectivity index (χ3n) is 2.43. The summed E-state index contributed by atoms with van der Waals surface area (Å²) in [6.45, 7) is 14.4. The van der Waals surface area contributed by atoms with E-state index in [0.29, 0.717) is 30.2 Å². The molecular weight excluding hydrogens is 282 g/mol. The highest BCUT2D eigenvalue weighted by Crippen LogP contribution is 2.16. The molecule has 0 fully saturated rings. The van der Waals surface area contributed by atoms with Crippen molar-refractivity contribution in [3.63, 3.8) is 0 Å². The number of aromatic nitrogens is 4. The number of nitrogens with zero attached hydrogens (tertiary/aromatic N) is 5. The lowest BCUT2D eigenvalue weighted by molar-refractivity contribution is 0.423. The van der Waals surface area contributed by atoms with Crippen LogP contribution in [0.2, 0.25) is 0 Å². The zero-order valence-corrected chi connectivity index (χ0v) is 15.0. The van der Waals surface area contributed by atoms with Gasteiger partial charge in [0.05, 0.1) is 0 Å². The lowest BCUT2D eigenvalue weighted by Crippen LogP contribution is -2.16. The minimum atomic E-state index is 0.228. The maximum Gasteiger partial charge on any atom is 0.318 e. The van der Waals surface area contributed by atoms with Crippen molar-refractivity contribution >= 4 is 6.01 Å². The molecule has 2 aromatic rings. The summed E-state index contributed by atoms with van der Waals surface area (Å²) < 4.78 is 11.0. The van der Waals surface area contributed by atoms with Gasteiger partial charge in [0.1, 0.15) is 6.54 Å². The molecule has 0 radical (unpaired) electrons. The SMILES string of the molecule is CC.CC.CCc1nnc(N(C)Cc2nnc(C(C)C)o2)o1. The number of aryl methyl sites for hydroxylation is 1. The molecule has 0 saturated heterocycles. The van der Waals surface area contributed by atoms with Gasteiger partial charge in [0.2, 0.25) is 17.7 Å².